The summed E-state index contributed by atoms with van der Waals surface area (Å²) in [5, 5.41) is 24.2. The molecule has 0 fully saturated rings. The highest BCUT2D eigenvalue weighted by Gasteiger charge is 2.24. The molecule has 0 aliphatic heterocycles. The van der Waals surface area contributed by atoms with E-state index in [4.69, 9.17) is 14.2 Å². The van der Waals surface area contributed by atoms with E-state index in [1.165, 1.54) is 25.1 Å². The summed E-state index contributed by atoms with van der Waals surface area (Å²) in [7, 11) is 4.64. The molecule has 0 saturated heterocycles. The van der Waals surface area contributed by atoms with Gasteiger partial charge in [0.1, 0.15) is 22.9 Å². The largest absolute Gasteiger partial charge is 0.870 e. The highest BCUT2D eigenvalue weighted by molar-refractivity contribution is 7.99. The Balaban J connectivity index is 1.52. The molecule has 37 heavy (non-hydrogen) atoms. The van der Waals surface area contributed by atoms with Crippen molar-refractivity contribution in [2.75, 3.05) is 27.1 Å². The Morgan fingerprint density at radius 1 is 1.03 bits per heavy atom. The molecule has 4 aromatic rings. The molecule has 1 aromatic heterocycles. The molecule has 1 heterocycles. The Bertz CT molecular complexity index is 1390. The fourth-order valence-corrected chi connectivity index (χ4v) is 4.20. The molecule has 0 spiro atoms. The molecule has 0 saturated carbocycles. The molecule has 190 valence electrons. The van der Waals surface area contributed by atoms with E-state index >= 15 is 0 Å². The van der Waals surface area contributed by atoms with Crippen molar-refractivity contribution in [1.82, 2.24) is 15.6 Å². The molecular formula is C26H25N5O5S. The van der Waals surface area contributed by atoms with Gasteiger partial charge in [0.05, 0.1) is 44.0 Å². The zero-order chi connectivity index (χ0) is 26.2. The van der Waals surface area contributed by atoms with E-state index < -0.39 is 0 Å². The second-order valence-corrected chi connectivity index (χ2v) is 8.52. The first-order valence-electron chi connectivity index (χ1n) is 11.1. The number of hydrogen-bond acceptors (Lipinski definition) is 8. The van der Waals surface area contributed by atoms with E-state index in [9.17, 15) is 9.90 Å². The number of para-hydroxylation sites is 1. The second-order valence-electron chi connectivity index (χ2n) is 7.58. The molecule has 0 atom stereocenters. The number of benzene rings is 3. The van der Waals surface area contributed by atoms with Crippen molar-refractivity contribution in [2.45, 2.75) is 5.16 Å². The van der Waals surface area contributed by atoms with Crippen LogP contribution in [0.4, 0.5) is 0 Å². The zero-order valence-corrected chi connectivity index (χ0v) is 21.2. The lowest BCUT2D eigenvalue weighted by Crippen LogP contribution is -2.34. The number of carbonyl (C=O) groups is 1. The highest BCUT2D eigenvalue weighted by atomic mass is 32.2. The average Bonchev–Trinajstić information content (AvgIpc) is 3.37. The highest BCUT2D eigenvalue weighted by Crippen LogP contribution is 2.25. The van der Waals surface area contributed by atoms with Crippen molar-refractivity contribution < 1.29 is 28.7 Å². The lowest BCUT2D eigenvalue weighted by Gasteiger charge is -2.14. The van der Waals surface area contributed by atoms with Crippen LogP contribution in [0, 0.1) is 0 Å². The number of thioether (sulfide) groups is 1. The normalized spacial score (nSPS) is 10.9. The Kier molecular flexibility index (Phi) is 8.26. The average molecular weight is 520 g/mol. The Labute approximate surface area is 217 Å². The first-order valence-corrected chi connectivity index (χ1v) is 12.1. The first kappa shape index (κ1) is 25.6. The lowest BCUT2D eigenvalue weighted by atomic mass is 10.2. The molecule has 0 aliphatic rings. The van der Waals surface area contributed by atoms with Crippen molar-refractivity contribution in [3.63, 3.8) is 0 Å². The van der Waals surface area contributed by atoms with Gasteiger partial charge in [0, 0.05) is 0 Å². The van der Waals surface area contributed by atoms with Crippen molar-refractivity contribution in [2.24, 2.45) is 5.10 Å². The number of ether oxygens (including phenoxy) is 3. The van der Waals surface area contributed by atoms with Gasteiger partial charge in [-0.05, 0) is 71.9 Å². The monoisotopic (exact) mass is 519 g/mol. The van der Waals surface area contributed by atoms with Crippen LogP contribution in [0.2, 0.25) is 0 Å². The number of nitrogens with one attached hydrogen (secondary N) is 2. The maximum atomic E-state index is 12.5. The molecule has 4 rings (SSSR count). The Morgan fingerprint density at radius 3 is 2.35 bits per heavy atom. The third-order valence-electron chi connectivity index (χ3n) is 5.32. The maximum Gasteiger partial charge on any atom is 0.342 e. The fourth-order valence-electron chi connectivity index (χ4n) is 3.44. The lowest BCUT2D eigenvalue weighted by molar-refractivity contribution is -0.625. The minimum absolute atomic E-state index is 0.0444. The number of amides is 1. The molecular weight excluding hydrogens is 494 g/mol. The van der Waals surface area contributed by atoms with Gasteiger partial charge < -0.3 is 19.3 Å². The zero-order valence-electron chi connectivity index (χ0n) is 20.4. The van der Waals surface area contributed by atoms with Crippen molar-refractivity contribution in [3.8, 4) is 40.1 Å². The topological polar surface area (TPSA) is 125 Å². The minimum Gasteiger partial charge on any atom is -0.870 e. The van der Waals surface area contributed by atoms with Crippen molar-refractivity contribution >= 4 is 23.9 Å². The van der Waals surface area contributed by atoms with Gasteiger partial charge in [-0.15, -0.1) is 5.10 Å². The molecule has 11 heteroatoms. The van der Waals surface area contributed by atoms with Crippen LogP contribution < -0.4 is 29.3 Å². The van der Waals surface area contributed by atoms with Gasteiger partial charge in [-0.1, -0.05) is 17.9 Å². The summed E-state index contributed by atoms with van der Waals surface area (Å²) in [6.45, 7) is 0. The van der Waals surface area contributed by atoms with E-state index in [-0.39, 0.29) is 23.2 Å². The maximum absolute atomic E-state index is 12.5. The van der Waals surface area contributed by atoms with E-state index in [0.29, 0.717) is 10.7 Å². The van der Waals surface area contributed by atoms with Gasteiger partial charge in [-0.25, -0.2) is 5.43 Å². The second kappa shape index (κ2) is 12.0. The van der Waals surface area contributed by atoms with Crippen LogP contribution in [0.3, 0.4) is 0 Å². The summed E-state index contributed by atoms with van der Waals surface area (Å²) >= 11 is 1.24. The Morgan fingerprint density at radius 2 is 1.70 bits per heavy atom. The molecule has 0 radical (unpaired) electrons. The van der Waals surface area contributed by atoms with Crippen LogP contribution >= 0.6 is 11.8 Å². The molecule has 0 bridgehead atoms. The summed E-state index contributed by atoms with van der Waals surface area (Å²) in [5.41, 5.74) is 4.47. The van der Waals surface area contributed by atoms with Crippen LogP contribution in [0.15, 0.2) is 77.0 Å². The van der Waals surface area contributed by atoms with Crippen LogP contribution in [0.25, 0.3) is 17.1 Å². The number of aromatic amines is 1. The summed E-state index contributed by atoms with van der Waals surface area (Å²) in [5.74, 6) is 1.79. The molecule has 10 nitrogen and oxygen atoms in total. The predicted molar refractivity (Wildman–Crippen MR) is 138 cm³/mol. The third-order valence-corrected chi connectivity index (χ3v) is 6.26. The minimum atomic E-state index is -0.355. The number of rotatable bonds is 10. The molecule has 2 N–H and O–H groups in total. The number of H-pyrrole nitrogens is 1. The Hall–Kier alpha value is -4.51. The van der Waals surface area contributed by atoms with Crippen LogP contribution in [0.5, 0.6) is 23.0 Å². The molecule has 1 amide bonds. The van der Waals surface area contributed by atoms with E-state index in [0.717, 1.165) is 28.6 Å². The molecule has 0 aliphatic carbocycles. The molecule has 0 unspecified atom stereocenters. The smallest absolute Gasteiger partial charge is 0.342 e. The van der Waals surface area contributed by atoms with Gasteiger partial charge in [0.25, 0.3) is 11.7 Å². The summed E-state index contributed by atoms with van der Waals surface area (Å²) in [6.07, 6.45) is 1.29. The van der Waals surface area contributed by atoms with E-state index in [1.807, 2.05) is 53.1 Å². The number of hydrogen-bond donors (Lipinski definition) is 2. The van der Waals surface area contributed by atoms with Crippen LogP contribution in [-0.4, -0.2) is 49.4 Å². The number of hydrazone groups is 1. The van der Waals surface area contributed by atoms with Gasteiger partial charge in [-0.2, -0.15) is 9.67 Å². The first-order chi connectivity index (χ1) is 18.0. The van der Waals surface area contributed by atoms with Crippen LogP contribution in [-0.2, 0) is 4.79 Å². The number of aromatic nitrogens is 3. The predicted octanol–water partition coefficient (Wildman–Crippen LogP) is 2.70. The SMILES string of the molecule is COc1ccc(-c2[nH]nc(SCC(=O)N/N=C/c3cccc(OC)c3[O-])[n+]2-c2ccc(OC)cc2)cc1. The van der Waals surface area contributed by atoms with Gasteiger partial charge in [-0.3, -0.25) is 4.79 Å². The van der Waals surface area contributed by atoms with Gasteiger partial charge in [0.2, 0.25) is 0 Å². The quantitative estimate of drug-likeness (QED) is 0.143. The van der Waals surface area contributed by atoms with E-state index in [2.05, 4.69) is 20.7 Å². The summed E-state index contributed by atoms with van der Waals surface area (Å²) < 4.78 is 17.5. The van der Waals surface area contributed by atoms with E-state index in [1.54, 1.807) is 32.4 Å². The van der Waals surface area contributed by atoms with Gasteiger partial charge >= 0.3 is 5.16 Å². The third kappa shape index (κ3) is 6.01. The summed E-state index contributed by atoms with van der Waals surface area (Å²) in [4.78, 5) is 12.5. The number of nitrogens with zero attached hydrogens (tertiary/aromatic N) is 3. The van der Waals surface area contributed by atoms with Crippen LogP contribution in [0.1, 0.15) is 5.56 Å². The fraction of sp³-hybridized carbons (Fsp3) is 0.154. The van der Waals surface area contributed by atoms with Crippen molar-refractivity contribution in [1.29, 1.82) is 0 Å². The van der Waals surface area contributed by atoms with Crippen molar-refractivity contribution in [3.05, 3.63) is 72.3 Å². The number of carbonyl (C=O) groups excluding carboxylic acids is 1. The number of methoxy groups -OCH3 is 3. The standard InChI is InChI=1S/C26H25N5O5S/c1-34-20-11-7-17(8-12-20)25-29-30-26(31(25)19-9-13-21(35-2)14-10-19)37-16-23(32)28-27-15-18-5-4-6-22(36-3)24(18)33/h4-15H,16H2,1-3H3,(H2,27,28,32,33). The molecule has 3 aromatic carbocycles. The van der Waals surface area contributed by atoms with Gasteiger partial charge in [0.15, 0.2) is 0 Å². The summed E-state index contributed by atoms with van der Waals surface area (Å²) in [6, 6.07) is 19.9.